The zero-order chi connectivity index (χ0) is 14.1. The first kappa shape index (κ1) is 13.6. The Morgan fingerprint density at radius 1 is 1.05 bits per heavy atom. The van der Waals surface area contributed by atoms with Crippen molar-refractivity contribution in [1.29, 1.82) is 0 Å². The normalized spacial score (nSPS) is 14.3. The molecule has 2 N–H and O–H groups in total. The van der Waals surface area contributed by atoms with E-state index in [4.69, 9.17) is 23.2 Å². The van der Waals surface area contributed by atoms with E-state index in [1.807, 2.05) is 0 Å². The van der Waals surface area contributed by atoms with Gasteiger partial charge in [0.05, 0.1) is 10.0 Å². The van der Waals surface area contributed by atoms with Crippen LogP contribution in [0.3, 0.4) is 0 Å². The van der Waals surface area contributed by atoms with Gasteiger partial charge in [-0.25, -0.2) is 0 Å². The van der Waals surface area contributed by atoms with Gasteiger partial charge < -0.3 is 10.4 Å². The van der Waals surface area contributed by atoms with Crippen LogP contribution in [-0.2, 0) is 6.54 Å². The first-order valence-electron chi connectivity index (χ1n) is 6.64. The van der Waals surface area contributed by atoms with Gasteiger partial charge in [-0.15, -0.1) is 0 Å². The van der Waals surface area contributed by atoms with E-state index >= 15 is 0 Å². The third-order valence-corrected chi connectivity index (χ3v) is 4.12. The number of nitrogens with one attached hydrogen (secondary N) is 1. The molecule has 0 unspecified atom stereocenters. The number of benzene rings is 2. The second-order valence-corrected chi connectivity index (χ2v) is 5.97. The molecule has 0 heterocycles. The number of phenolic OH excluding ortho intramolecular Hbond substituents is 1. The lowest BCUT2D eigenvalue weighted by molar-refractivity contribution is 0.476. The van der Waals surface area contributed by atoms with Crippen LogP contribution in [0.15, 0.2) is 36.4 Å². The lowest BCUT2D eigenvalue weighted by atomic mass is 10.1. The smallest absolute Gasteiger partial charge is 0.152 e. The minimum Gasteiger partial charge on any atom is -0.505 e. The molecule has 2 aromatic rings. The Morgan fingerprint density at radius 2 is 1.65 bits per heavy atom. The van der Waals surface area contributed by atoms with Crippen molar-refractivity contribution >= 4 is 28.9 Å². The number of hydrogen-bond acceptors (Lipinski definition) is 2. The fourth-order valence-corrected chi connectivity index (χ4v) is 2.68. The number of rotatable bonds is 4. The molecule has 20 heavy (non-hydrogen) atoms. The highest BCUT2D eigenvalue weighted by molar-refractivity contribution is 6.37. The molecule has 0 atom stereocenters. The SMILES string of the molecule is Oc1c(Cl)cc(NCc2ccc(C3CC3)cc2)cc1Cl. The van der Waals surface area contributed by atoms with Crippen LogP contribution >= 0.6 is 23.2 Å². The Hall–Kier alpha value is -1.38. The molecule has 4 heteroatoms. The number of anilines is 1. The molecular weight excluding hydrogens is 293 g/mol. The topological polar surface area (TPSA) is 32.3 Å². The van der Waals surface area contributed by atoms with E-state index in [1.165, 1.54) is 24.0 Å². The second kappa shape index (κ2) is 5.55. The molecule has 1 saturated carbocycles. The lowest BCUT2D eigenvalue weighted by Crippen LogP contribution is -1.99. The summed E-state index contributed by atoms with van der Waals surface area (Å²) in [5, 5.41) is 13.3. The molecule has 0 radical (unpaired) electrons. The largest absolute Gasteiger partial charge is 0.505 e. The summed E-state index contributed by atoms with van der Waals surface area (Å²) in [6.07, 6.45) is 2.64. The van der Waals surface area contributed by atoms with Crippen LogP contribution in [0.1, 0.15) is 29.9 Å². The third-order valence-electron chi connectivity index (χ3n) is 3.54. The zero-order valence-electron chi connectivity index (χ0n) is 10.9. The van der Waals surface area contributed by atoms with E-state index in [9.17, 15) is 5.11 Å². The van der Waals surface area contributed by atoms with Gasteiger partial charge in [0, 0.05) is 12.2 Å². The second-order valence-electron chi connectivity index (χ2n) is 5.16. The summed E-state index contributed by atoms with van der Waals surface area (Å²) in [6, 6.07) is 12.0. The van der Waals surface area contributed by atoms with Crippen molar-refractivity contribution in [3.05, 3.63) is 57.6 Å². The Bertz CT molecular complexity index is 598. The first-order chi connectivity index (χ1) is 9.63. The van der Waals surface area contributed by atoms with Gasteiger partial charge in [-0.3, -0.25) is 0 Å². The zero-order valence-corrected chi connectivity index (χ0v) is 12.4. The fourth-order valence-electron chi connectivity index (χ4n) is 2.20. The van der Waals surface area contributed by atoms with Crippen molar-refractivity contribution in [3.8, 4) is 5.75 Å². The average Bonchev–Trinajstić information content (AvgIpc) is 3.27. The van der Waals surface area contributed by atoms with E-state index in [1.54, 1.807) is 12.1 Å². The van der Waals surface area contributed by atoms with E-state index in [2.05, 4.69) is 29.6 Å². The van der Waals surface area contributed by atoms with Crippen LogP contribution in [0.5, 0.6) is 5.75 Å². The molecule has 1 aliphatic rings. The van der Waals surface area contributed by atoms with Crippen molar-refractivity contribution in [3.63, 3.8) is 0 Å². The molecular formula is C16H15Cl2NO. The summed E-state index contributed by atoms with van der Waals surface area (Å²) < 4.78 is 0. The van der Waals surface area contributed by atoms with Crippen molar-refractivity contribution in [1.82, 2.24) is 0 Å². The maximum Gasteiger partial charge on any atom is 0.152 e. The van der Waals surface area contributed by atoms with Gasteiger partial charge in [0.25, 0.3) is 0 Å². The molecule has 3 rings (SSSR count). The minimum atomic E-state index is -0.0762. The summed E-state index contributed by atoms with van der Waals surface area (Å²) in [6.45, 7) is 0.697. The van der Waals surface area contributed by atoms with Gasteiger partial charge >= 0.3 is 0 Å². The number of phenols is 1. The van der Waals surface area contributed by atoms with Gasteiger partial charge in [-0.2, -0.15) is 0 Å². The molecule has 0 bridgehead atoms. The van der Waals surface area contributed by atoms with Gasteiger partial charge in [-0.05, 0) is 42.0 Å². The average molecular weight is 308 g/mol. The maximum absolute atomic E-state index is 9.51. The highest BCUT2D eigenvalue weighted by atomic mass is 35.5. The summed E-state index contributed by atoms with van der Waals surface area (Å²) >= 11 is 11.8. The van der Waals surface area contributed by atoms with Gasteiger partial charge in [0.1, 0.15) is 0 Å². The molecule has 2 nitrogen and oxygen atoms in total. The third kappa shape index (κ3) is 3.02. The van der Waals surface area contributed by atoms with Gasteiger partial charge in [-0.1, -0.05) is 47.5 Å². The number of halogens is 2. The standard InChI is InChI=1S/C16H15Cl2NO/c17-14-7-13(8-15(18)16(14)20)19-9-10-1-3-11(4-2-10)12-5-6-12/h1-4,7-8,12,19-20H,5-6,9H2. The fraction of sp³-hybridized carbons (Fsp3) is 0.250. The minimum absolute atomic E-state index is 0.0762. The summed E-state index contributed by atoms with van der Waals surface area (Å²) in [7, 11) is 0. The molecule has 0 aromatic heterocycles. The van der Waals surface area contributed by atoms with Crippen LogP contribution in [0.4, 0.5) is 5.69 Å². The molecule has 0 amide bonds. The molecule has 2 aromatic carbocycles. The van der Waals surface area contributed by atoms with E-state index < -0.39 is 0 Å². The van der Waals surface area contributed by atoms with Crippen molar-refractivity contribution in [2.24, 2.45) is 0 Å². The van der Waals surface area contributed by atoms with Crippen molar-refractivity contribution < 1.29 is 5.11 Å². The van der Waals surface area contributed by atoms with Crippen LogP contribution in [-0.4, -0.2) is 5.11 Å². The maximum atomic E-state index is 9.51. The summed E-state index contributed by atoms with van der Waals surface area (Å²) in [4.78, 5) is 0. The Labute approximate surface area is 128 Å². The van der Waals surface area contributed by atoms with Crippen molar-refractivity contribution in [2.75, 3.05) is 5.32 Å². The van der Waals surface area contributed by atoms with Crippen molar-refractivity contribution in [2.45, 2.75) is 25.3 Å². The van der Waals surface area contributed by atoms with E-state index in [0.717, 1.165) is 11.6 Å². The molecule has 0 saturated heterocycles. The van der Waals surface area contributed by atoms with Crippen LogP contribution in [0.25, 0.3) is 0 Å². The Kier molecular flexibility index (Phi) is 3.77. The molecule has 0 aliphatic heterocycles. The highest BCUT2D eigenvalue weighted by Gasteiger charge is 2.22. The monoisotopic (exact) mass is 307 g/mol. The highest BCUT2D eigenvalue weighted by Crippen LogP contribution is 2.40. The summed E-state index contributed by atoms with van der Waals surface area (Å²) in [5.41, 5.74) is 3.43. The van der Waals surface area contributed by atoms with Gasteiger partial charge in [0.15, 0.2) is 5.75 Å². The summed E-state index contributed by atoms with van der Waals surface area (Å²) in [5.74, 6) is 0.708. The molecule has 104 valence electrons. The van der Waals surface area contributed by atoms with E-state index in [0.29, 0.717) is 6.54 Å². The number of hydrogen-bond donors (Lipinski definition) is 2. The first-order valence-corrected chi connectivity index (χ1v) is 7.40. The predicted octanol–water partition coefficient (Wildman–Crippen LogP) is 5.19. The number of aromatic hydroxyl groups is 1. The molecule has 1 fully saturated rings. The van der Waals surface area contributed by atoms with Crippen LogP contribution in [0, 0.1) is 0 Å². The van der Waals surface area contributed by atoms with E-state index in [-0.39, 0.29) is 15.8 Å². The Balaban J connectivity index is 1.66. The Morgan fingerprint density at radius 3 is 2.20 bits per heavy atom. The molecule has 0 spiro atoms. The quantitative estimate of drug-likeness (QED) is 0.762. The van der Waals surface area contributed by atoms with Crippen LogP contribution in [0.2, 0.25) is 10.0 Å². The lowest BCUT2D eigenvalue weighted by Gasteiger charge is -2.09. The van der Waals surface area contributed by atoms with Crippen LogP contribution < -0.4 is 5.32 Å². The predicted molar refractivity (Wildman–Crippen MR) is 83.9 cm³/mol. The van der Waals surface area contributed by atoms with Gasteiger partial charge in [0.2, 0.25) is 0 Å². The molecule has 1 aliphatic carbocycles.